The summed E-state index contributed by atoms with van der Waals surface area (Å²) in [6, 6.07) is 10.4. The number of nitrogens with zero attached hydrogens (tertiary/aromatic N) is 1. The summed E-state index contributed by atoms with van der Waals surface area (Å²) in [5, 5.41) is 2.80. The minimum absolute atomic E-state index is 0.0620. The van der Waals surface area contributed by atoms with E-state index in [0.717, 1.165) is 5.56 Å². The van der Waals surface area contributed by atoms with Gasteiger partial charge in [0.2, 0.25) is 10.0 Å². The summed E-state index contributed by atoms with van der Waals surface area (Å²) < 4.78 is 26.3. The van der Waals surface area contributed by atoms with Crippen molar-refractivity contribution in [1.82, 2.24) is 15.0 Å². The van der Waals surface area contributed by atoms with Crippen LogP contribution in [0, 0.1) is 0 Å². The van der Waals surface area contributed by atoms with Crippen LogP contribution in [0.25, 0.3) is 0 Å². The zero-order valence-electron chi connectivity index (χ0n) is 13.7. The fourth-order valence-electron chi connectivity index (χ4n) is 2.16. The Morgan fingerprint density at radius 2 is 1.79 bits per heavy atom. The first kappa shape index (κ1) is 18.1. The van der Waals surface area contributed by atoms with Crippen LogP contribution in [0.1, 0.15) is 35.3 Å². The molecule has 0 unspecified atom stereocenters. The first-order valence-electron chi connectivity index (χ1n) is 7.62. The molecular formula is C17H21N3O3S. The predicted molar refractivity (Wildman–Crippen MR) is 92.7 cm³/mol. The SMILES string of the molecule is CC(C)NS(=O)(=O)Cc1ccc(CNC(=O)c2cccnc2)cc1. The lowest BCUT2D eigenvalue weighted by atomic mass is 10.1. The Bertz CT molecular complexity index is 772. The summed E-state index contributed by atoms with van der Waals surface area (Å²) in [6.07, 6.45) is 3.11. The van der Waals surface area contributed by atoms with E-state index in [1.165, 1.54) is 6.20 Å². The van der Waals surface area contributed by atoms with Gasteiger partial charge in [0.15, 0.2) is 0 Å². The van der Waals surface area contributed by atoms with Crippen LogP contribution in [0.5, 0.6) is 0 Å². The minimum Gasteiger partial charge on any atom is -0.348 e. The average Bonchev–Trinajstić information content (AvgIpc) is 2.53. The van der Waals surface area contributed by atoms with E-state index in [0.29, 0.717) is 17.7 Å². The van der Waals surface area contributed by atoms with Gasteiger partial charge in [0.1, 0.15) is 0 Å². The van der Waals surface area contributed by atoms with E-state index in [1.54, 1.807) is 44.3 Å². The van der Waals surface area contributed by atoms with Gasteiger partial charge in [0.25, 0.3) is 5.91 Å². The topological polar surface area (TPSA) is 88.2 Å². The lowest BCUT2D eigenvalue weighted by Crippen LogP contribution is -2.31. The number of sulfonamides is 1. The maximum absolute atomic E-state index is 11.9. The summed E-state index contributed by atoms with van der Waals surface area (Å²) in [6.45, 7) is 3.93. The van der Waals surface area contributed by atoms with Crippen LogP contribution < -0.4 is 10.0 Å². The van der Waals surface area contributed by atoms with Crippen molar-refractivity contribution in [3.8, 4) is 0 Å². The molecule has 1 aromatic heterocycles. The third-order valence-electron chi connectivity index (χ3n) is 3.17. The molecule has 0 bridgehead atoms. The van der Waals surface area contributed by atoms with E-state index in [9.17, 15) is 13.2 Å². The van der Waals surface area contributed by atoms with E-state index in [2.05, 4.69) is 15.0 Å². The molecule has 0 spiro atoms. The van der Waals surface area contributed by atoms with Crippen LogP contribution in [0.3, 0.4) is 0 Å². The molecule has 0 aliphatic heterocycles. The highest BCUT2D eigenvalue weighted by atomic mass is 32.2. The molecule has 0 aliphatic carbocycles. The molecule has 1 heterocycles. The third kappa shape index (κ3) is 5.75. The standard InChI is InChI=1S/C17H21N3O3S/c1-13(2)20-24(22,23)12-15-7-5-14(6-8-15)10-19-17(21)16-4-3-9-18-11-16/h3-9,11,13,20H,10,12H2,1-2H3,(H,19,21). The molecule has 1 amide bonds. The molecular weight excluding hydrogens is 326 g/mol. The number of hydrogen-bond donors (Lipinski definition) is 2. The second kappa shape index (κ2) is 8.03. The van der Waals surface area contributed by atoms with Gasteiger partial charge in [-0.15, -0.1) is 0 Å². The van der Waals surface area contributed by atoms with Crippen LogP contribution in [0.4, 0.5) is 0 Å². The Morgan fingerprint density at radius 3 is 2.38 bits per heavy atom. The van der Waals surface area contributed by atoms with Crippen molar-refractivity contribution in [2.24, 2.45) is 0 Å². The molecule has 0 aliphatic rings. The molecule has 2 N–H and O–H groups in total. The molecule has 7 heteroatoms. The number of amides is 1. The molecule has 0 atom stereocenters. The van der Waals surface area contributed by atoms with Crippen molar-refractivity contribution in [2.45, 2.75) is 32.2 Å². The van der Waals surface area contributed by atoms with Crippen molar-refractivity contribution < 1.29 is 13.2 Å². The molecule has 24 heavy (non-hydrogen) atoms. The quantitative estimate of drug-likeness (QED) is 0.800. The number of rotatable bonds is 7. The van der Waals surface area contributed by atoms with Crippen molar-refractivity contribution >= 4 is 15.9 Å². The Balaban J connectivity index is 1.92. The van der Waals surface area contributed by atoms with Gasteiger partial charge in [-0.2, -0.15) is 0 Å². The van der Waals surface area contributed by atoms with E-state index in [-0.39, 0.29) is 17.7 Å². The summed E-state index contributed by atoms with van der Waals surface area (Å²) >= 11 is 0. The first-order valence-corrected chi connectivity index (χ1v) is 9.27. The monoisotopic (exact) mass is 347 g/mol. The molecule has 6 nitrogen and oxygen atoms in total. The van der Waals surface area contributed by atoms with E-state index < -0.39 is 10.0 Å². The number of nitrogens with one attached hydrogen (secondary N) is 2. The number of aromatic nitrogens is 1. The molecule has 0 radical (unpaired) electrons. The zero-order chi connectivity index (χ0) is 17.6. The number of benzene rings is 1. The normalized spacial score (nSPS) is 11.5. The van der Waals surface area contributed by atoms with Crippen molar-refractivity contribution in [1.29, 1.82) is 0 Å². The van der Waals surface area contributed by atoms with Gasteiger partial charge in [-0.3, -0.25) is 9.78 Å². The van der Waals surface area contributed by atoms with Gasteiger partial charge < -0.3 is 5.32 Å². The van der Waals surface area contributed by atoms with Gasteiger partial charge in [0, 0.05) is 25.0 Å². The van der Waals surface area contributed by atoms with Crippen molar-refractivity contribution in [2.75, 3.05) is 0 Å². The fourth-order valence-corrected chi connectivity index (χ4v) is 3.59. The maximum atomic E-state index is 11.9. The second-order valence-corrected chi connectivity index (χ2v) is 7.53. The maximum Gasteiger partial charge on any atom is 0.253 e. The molecule has 128 valence electrons. The molecule has 2 aromatic rings. The second-order valence-electron chi connectivity index (χ2n) is 5.77. The fraction of sp³-hybridized carbons (Fsp3) is 0.294. The van der Waals surface area contributed by atoms with Crippen LogP contribution >= 0.6 is 0 Å². The van der Waals surface area contributed by atoms with Crippen LogP contribution in [-0.4, -0.2) is 25.4 Å². The highest BCUT2D eigenvalue weighted by Crippen LogP contribution is 2.08. The van der Waals surface area contributed by atoms with Crippen LogP contribution in [-0.2, 0) is 22.3 Å². The number of carbonyl (C=O) groups is 1. The van der Waals surface area contributed by atoms with E-state index in [4.69, 9.17) is 0 Å². The molecule has 0 fully saturated rings. The summed E-state index contributed by atoms with van der Waals surface area (Å²) in [4.78, 5) is 15.8. The number of carbonyl (C=O) groups excluding carboxylic acids is 1. The van der Waals surface area contributed by atoms with Crippen LogP contribution in [0.2, 0.25) is 0 Å². The largest absolute Gasteiger partial charge is 0.348 e. The third-order valence-corrected chi connectivity index (χ3v) is 4.72. The van der Waals surface area contributed by atoms with E-state index in [1.807, 2.05) is 12.1 Å². The van der Waals surface area contributed by atoms with E-state index >= 15 is 0 Å². The first-order chi connectivity index (χ1) is 11.4. The van der Waals surface area contributed by atoms with Gasteiger partial charge in [0.05, 0.1) is 11.3 Å². The lowest BCUT2D eigenvalue weighted by molar-refractivity contribution is 0.0950. The van der Waals surface area contributed by atoms with Crippen molar-refractivity contribution in [3.05, 3.63) is 65.5 Å². The Hall–Kier alpha value is -2.25. The Morgan fingerprint density at radius 1 is 1.12 bits per heavy atom. The highest BCUT2D eigenvalue weighted by molar-refractivity contribution is 7.88. The molecule has 0 saturated heterocycles. The lowest BCUT2D eigenvalue weighted by Gasteiger charge is -2.10. The van der Waals surface area contributed by atoms with Gasteiger partial charge in [-0.25, -0.2) is 13.1 Å². The Kier molecular flexibility index (Phi) is 6.05. The number of hydrogen-bond acceptors (Lipinski definition) is 4. The van der Waals surface area contributed by atoms with Crippen molar-refractivity contribution in [3.63, 3.8) is 0 Å². The van der Waals surface area contributed by atoms with Gasteiger partial charge >= 0.3 is 0 Å². The highest BCUT2D eigenvalue weighted by Gasteiger charge is 2.12. The predicted octanol–water partition coefficient (Wildman–Crippen LogP) is 1.84. The summed E-state index contributed by atoms with van der Waals surface area (Å²) in [7, 11) is -3.34. The minimum atomic E-state index is -3.34. The smallest absolute Gasteiger partial charge is 0.253 e. The molecule has 1 aromatic carbocycles. The summed E-state index contributed by atoms with van der Waals surface area (Å²) in [5.74, 6) is -0.260. The van der Waals surface area contributed by atoms with Crippen LogP contribution in [0.15, 0.2) is 48.8 Å². The Labute approximate surface area is 142 Å². The average molecular weight is 347 g/mol. The number of pyridine rings is 1. The van der Waals surface area contributed by atoms with Gasteiger partial charge in [-0.1, -0.05) is 24.3 Å². The molecule has 0 saturated carbocycles. The zero-order valence-corrected chi connectivity index (χ0v) is 14.5. The molecule has 2 rings (SSSR count). The van der Waals surface area contributed by atoms with Gasteiger partial charge in [-0.05, 0) is 37.1 Å². The summed E-state index contributed by atoms with van der Waals surface area (Å²) in [5.41, 5.74) is 2.09.